The molecule has 1 aromatic carbocycles. The van der Waals surface area contributed by atoms with Crippen molar-refractivity contribution in [3.8, 4) is 0 Å². The van der Waals surface area contributed by atoms with Gasteiger partial charge in [-0.1, -0.05) is 44.1 Å². The molecule has 0 spiro atoms. The first-order valence-electron chi connectivity index (χ1n) is 6.99. The second-order valence-corrected chi connectivity index (χ2v) is 4.92. The van der Waals surface area contributed by atoms with Crippen LogP contribution in [0.5, 0.6) is 0 Å². The minimum absolute atomic E-state index is 0.145. The number of H-pyrrole nitrogens is 1. The van der Waals surface area contributed by atoms with Gasteiger partial charge in [0.1, 0.15) is 0 Å². The van der Waals surface area contributed by atoms with Gasteiger partial charge in [0, 0.05) is 28.6 Å². The Morgan fingerprint density at radius 2 is 2.00 bits per heavy atom. The van der Waals surface area contributed by atoms with Crippen molar-refractivity contribution in [2.75, 3.05) is 0 Å². The van der Waals surface area contributed by atoms with Crippen LogP contribution < -0.4 is 5.43 Å². The highest BCUT2D eigenvalue weighted by Gasteiger charge is 2.06. The lowest BCUT2D eigenvalue weighted by molar-refractivity contribution is 0.812. The summed E-state index contributed by atoms with van der Waals surface area (Å²) in [6.07, 6.45) is 8.72. The Morgan fingerprint density at radius 1 is 1.21 bits per heavy atom. The van der Waals surface area contributed by atoms with Crippen LogP contribution in [0.1, 0.15) is 37.4 Å². The first-order chi connectivity index (χ1) is 9.24. The van der Waals surface area contributed by atoms with Crippen LogP contribution in [-0.2, 0) is 6.42 Å². The van der Waals surface area contributed by atoms with E-state index < -0.39 is 0 Å². The number of allylic oxidation sites excluding steroid dienone is 2. The van der Waals surface area contributed by atoms with E-state index in [1.54, 1.807) is 0 Å². The number of para-hydroxylation sites is 1. The second kappa shape index (κ2) is 6.37. The Morgan fingerprint density at radius 3 is 2.79 bits per heavy atom. The number of benzene rings is 1. The molecule has 0 fully saturated rings. The molecule has 1 heterocycles. The highest BCUT2D eigenvalue weighted by molar-refractivity contribution is 5.79. The Labute approximate surface area is 114 Å². The van der Waals surface area contributed by atoms with Gasteiger partial charge < -0.3 is 4.98 Å². The van der Waals surface area contributed by atoms with Crippen molar-refractivity contribution >= 4 is 10.9 Å². The van der Waals surface area contributed by atoms with Gasteiger partial charge in [0.05, 0.1) is 0 Å². The van der Waals surface area contributed by atoms with Crippen LogP contribution in [0.2, 0.25) is 0 Å². The zero-order valence-corrected chi connectivity index (χ0v) is 11.7. The van der Waals surface area contributed by atoms with Gasteiger partial charge in [0.15, 0.2) is 5.43 Å². The SMILES string of the molecule is CCCCC=CCc1[nH]c2ccccc2c(=O)c1C. The quantitative estimate of drug-likeness (QED) is 0.632. The maximum atomic E-state index is 12.2. The molecule has 0 saturated heterocycles. The summed E-state index contributed by atoms with van der Waals surface area (Å²) < 4.78 is 0. The molecule has 0 bridgehead atoms. The Balaban J connectivity index is 2.26. The molecule has 2 heteroatoms. The Bertz CT molecular complexity index is 637. The molecule has 0 amide bonds. The number of fused-ring (bicyclic) bond motifs is 1. The van der Waals surface area contributed by atoms with Crippen LogP contribution in [0.3, 0.4) is 0 Å². The summed E-state index contributed by atoms with van der Waals surface area (Å²) in [5, 5.41) is 0.777. The van der Waals surface area contributed by atoms with Crippen molar-refractivity contribution in [1.82, 2.24) is 4.98 Å². The number of pyridine rings is 1. The summed E-state index contributed by atoms with van der Waals surface area (Å²) in [6.45, 7) is 4.10. The van der Waals surface area contributed by atoms with Gasteiger partial charge in [-0.05, 0) is 25.5 Å². The molecule has 2 aromatic rings. The lowest BCUT2D eigenvalue weighted by Crippen LogP contribution is -2.11. The predicted molar refractivity (Wildman–Crippen MR) is 81.7 cm³/mol. The maximum absolute atomic E-state index is 12.2. The minimum Gasteiger partial charge on any atom is -0.358 e. The molecule has 0 atom stereocenters. The highest BCUT2D eigenvalue weighted by Crippen LogP contribution is 2.11. The van der Waals surface area contributed by atoms with Crippen molar-refractivity contribution in [3.63, 3.8) is 0 Å². The number of aromatic amines is 1. The molecule has 1 N–H and O–H groups in total. The van der Waals surface area contributed by atoms with Crippen molar-refractivity contribution in [3.05, 3.63) is 57.9 Å². The Kier molecular flexibility index (Phi) is 4.56. The molecular weight excluding hydrogens is 234 g/mol. The van der Waals surface area contributed by atoms with Crippen molar-refractivity contribution in [1.29, 1.82) is 0 Å². The first kappa shape index (κ1) is 13.6. The monoisotopic (exact) mass is 255 g/mol. The topological polar surface area (TPSA) is 32.9 Å². The van der Waals surface area contributed by atoms with Gasteiger partial charge >= 0.3 is 0 Å². The molecule has 2 rings (SSSR count). The summed E-state index contributed by atoms with van der Waals surface area (Å²) in [6, 6.07) is 7.69. The molecule has 0 saturated carbocycles. The summed E-state index contributed by atoms with van der Waals surface area (Å²) in [7, 11) is 0. The van der Waals surface area contributed by atoms with Crippen LogP contribution in [0.15, 0.2) is 41.2 Å². The fourth-order valence-corrected chi connectivity index (χ4v) is 2.23. The van der Waals surface area contributed by atoms with Gasteiger partial charge in [-0.25, -0.2) is 0 Å². The molecular formula is C17H21NO. The average Bonchev–Trinajstić information content (AvgIpc) is 2.44. The molecule has 0 aliphatic rings. The van der Waals surface area contributed by atoms with Gasteiger partial charge in [-0.15, -0.1) is 0 Å². The standard InChI is InChI=1S/C17H21NO/c1-3-4-5-6-7-11-15-13(2)17(19)14-10-8-9-12-16(14)18-15/h6-10,12H,3-5,11H2,1-2H3,(H,18,19). The number of unbranched alkanes of at least 4 members (excludes halogenated alkanes) is 2. The van der Waals surface area contributed by atoms with Crippen molar-refractivity contribution in [2.45, 2.75) is 39.5 Å². The zero-order valence-electron chi connectivity index (χ0n) is 11.7. The third kappa shape index (κ3) is 3.14. The number of hydrogen-bond acceptors (Lipinski definition) is 1. The number of nitrogens with one attached hydrogen (secondary N) is 1. The maximum Gasteiger partial charge on any atom is 0.192 e. The van der Waals surface area contributed by atoms with Crippen molar-refractivity contribution in [2.24, 2.45) is 0 Å². The second-order valence-electron chi connectivity index (χ2n) is 4.92. The summed E-state index contributed by atoms with van der Waals surface area (Å²) in [5.41, 5.74) is 2.93. The largest absolute Gasteiger partial charge is 0.358 e. The van der Waals surface area contributed by atoms with Gasteiger partial charge in [0.25, 0.3) is 0 Å². The van der Waals surface area contributed by atoms with Crippen LogP contribution in [-0.4, -0.2) is 4.98 Å². The van der Waals surface area contributed by atoms with E-state index >= 15 is 0 Å². The molecule has 0 aliphatic heterocycles. The summed E-state index contributed by atoms with van der Waals surface area (Å²) in [5.74, 6) is 0. The van der Waals surface area contributed by atoms with Crippen LogP contribution in [0.25, 0.3) is 10.9 Å². The summed E-state index contributed by atoms with van der Waals surface area (Å²) >= 11 is 0. The first-order valence-corrected chi connectivity index (χ1v) is 6.99. The number of hydrogen-bond donors (Lipinski definition) is 1. The van der Waals surface area contributed by atoms with E-state index in [0.717, 1.165) is 35.0 Å². The van der Waals surface area contributed by atoms with Crippen molar-refractivity contribution < 1.29 is 0 Å². The molecule has 2 nitrogen and oxygen atoms in total. The zero-order chi connectivity index (χ0) is 13.7. The van der Waals surface area contributed by atoms with Crippen LogP contribution in [0, 0.1) is 6.92 Å². The molecule has 19 heavy (non-hydrogen) atoms. The smallest absolute Gasteiger partial charge is 0.192 e. The van der Waals surface area contributed by atoms with Crippen LogP contribution >= 0.6 is 0 Å². The van der Waals surface area contributed by atoms with Crippen LogP contribution in [0.4, 0.5) is 0 Å². The molecule has 100 valence electrons. The molecule has 0 radical (unpaired) electrons. The predicted octanol–water partition coefficient (Wildman–Crippen LogP) is 4.13. The number of rotatable bonds is 5. The molecule has 0 aliphatic carbocycles. The van der Waals surface area contributed by atoms with Gasteiger partial charge in [-0.3, -0.25) is 4.79 Å². The normalized spacial score (nSPS) is 11.5. The fourth-order valence-electron chi connectivity index (χ4n) is 2.23. The Hall–Kier alpha value is -1.83. The van der Waals surface area contributed by atoms with E-state index in [-0.39, 0.29) is 5.43 Å². The number of aromatic nitrogens is 1. The minimum atomic E-state index is 0.145. The average molecular weight is 255 g/mol. The van der Waals surface area contributed by atoms with E-state index in [4.69, 9.17) is 0 Å². The third-order valence-electron chi connectivity index (χ3n) is 3.46. The lowest BCUT2D eigenvalue weighted by atomic mass is 10.1. The van der Waals surface area contributed by atoms with E-state index in [9.17, 15) is 4.79 Å². The van der Waals surface area contributed by atoms with E-state index in [1.165, 1.54) is 12.8 Å². The highest BCUT2D eigenvalue weighted by atomic mass is 16.1. The third-order valence-corrected chi connectivity index (χ3v) is 3.46. The van der Waals surface area contributed by atoms with E-state index in [2.05, 4.69) is 24.1 Å². The van der Waals surface area contributed by atoms with E-state index in [1.807, 2.05) is 31.2 Å². The lowest BCUT2D eigenvalue weighted by Gasteiger charge is -2.06. The molecule has 0 unspecified atom stereocenters. The fraction of sp³-hybridized carbons (Fsp3) is 0.353. The summed E-state index contributed by atoms with van der Waals surface area (Å²) in [4.78, 5) is 15.6. The van der Waals surface area contributed by atoms with Gasteiger partial charge in [0.2, 0.25) is 0 Å². The molecule has 1 aromatic heterocycles. The van der Waals surface area contributed by atoms with Gasteiger partial charge in [-0.2, -0.15) is 0 Å². The van der Waals surface area contributed by atoms with E-state index in [0.29, 0.717) is 0 Å².